The van der Waals surface area contributed by atoms with Gasteiger partial charge in [0.15, 0.2) is 6.10 Å². The maximum Gasteiger partial charge on any atom is 0.156 e. The third kappa shape index (κ3) is 2.67. The summed E-state index contributed by atoms with van der Waals surface area (Å²) in [5.41, 5.74) is 3.47. The third-order valence-electron chi connectivity index (χ3n) is 3.02. The van der Waals surface area contributed by atoms with Crippen LogP contribution >= 0.6 is 0 Å². The van der Waals surface area contributed by atoms with Crippen LogP contribution in [-0.2, 0) is 10.3 Å². The molecular weight excluding hydrogens is 214 g/mol. The molecule has 3 heteroatoms. The Labute approximate surface area is 102 Å². The lowest BCUT2D eigenvalue weighted by atomic mass is 9.86. The average molecular weight is 233 g/mol. The number of hydrogen-bond donors (Lipinski definition) is 1. The molecule has 0 radical (unpaired) electrons. The Balaban J connectivity index is 2.14. The van der Waals surface area contributed by atoms with Gasteiger partial charge in [-0.2, -0.15) is 0 Å². The fraction of sp³-hybridized carbons (Fsp3) is 0.500. The molecule has 2 rings (SSSR count). The lowest BCUT2D eigenvalue weighted by Gasteiger charge is -2.19. The van der Waals surface area contributed by atoms with Crippen molar-refractivity contribution in [2.24, 2.45) is 5.16 Å². The van der Waals surface area contributed by atoms with Crippen LogP contribution in [0.15, 0.2) is 29.4 Å². The molecule has 1 atom stereocenters. The first-order valence-corrected chi connectivity index (χ1v) is 5.95. The van der Waals surface area contributed by atoms with E-state index in [1.807, 2.05) is 0 Å². The number of oxime groups is 1. The minimum atomic E-state index is -0.174. The molecule has 0 saturated heterocycles. The molecule has 0 saturated carbocycles. The van der Waals surface area contributed by atoms with Gasteiger partial charge in [-0.3, -0.25) is 0 Å². The van der Waals surface area contributed by atoms with Crippen molar-refractivity contribution < 1.29 is 9.94 Å². The van der Waals surface area contributed by atoms with Gasteiger partial charge in [0.1, 0.15) is 0 Å². The van der Waals surface area contributed by atoms with Gasteiger partial charge in [-0.05, 0) is 16.5 Å². The topological polar surface area (TPSA) is 41.8 Å². The summed E-state index contributed by atoms with van der Waals surface area (Å²) in [5.74, 6) is 0. The first-order chi connectivity index (χ1) is 8.00. The van der Waals surface area contributed by atoms with Crippen molar-refractivity contribution in [3.8, 4) is 0 Å². The highest BCUT2D eigenvalue weighted by atomic mass is 16.6. The number of benzene rings is 1. The highest BCUT2D eigenvalue weighted by Gasteiger charge is 2.21. The van der Waals surface area contributed by atoms with Crippen LogP contribution in [0.2, 0.25) is 0 Å². The Hall–Kier alpha value is -1.35. The number of hydrogen-bond acceptors (Lipinski definition) is 3. The second-order valence-electron chi connectivity index (χ2n) is 5.48. The quantitative estimate of drug-likeness (QED) is 0.852. The van der Waals surface area contributed by atoms with Crippen LogP contribution in [0.1, 0.15) is 38.3 Å². The van der Waals surface area contributed by atoms with Crippen molar-refractivity contribution in [1.82, 2.24) is 0 Å². The van der Waals surface area contributed by atoms with E-state index in [2.05, 4.69) is 50.2 Å². The van der Waals surface area contributed by atoms with E-state index in [1.165, 1.54) is 5.56 Å². The zero-order chi connectivity index (χ0) is 12.5. The molecule has 1 unspecified atom stereocenters. The summed E-state index contributed by atoms with van der Waals surface area (Å²) in [6.07, 6.45) is 0.512. The summed E-state index contributed by atoms with van der Waals surface area (Å²) >= 11 is 0. The van der Waals surface area contributed by atoms with E-state index in [4.69, 9.17) is 9.94 Å². The summed E-state index contributed by atoms with van der Waals surface area (Å²) in [4.78, 5) is 5.10. The average Bonchev–Trinajstić information content (AvgIpc) is 2.76. The molecule has 0 bridgehead atoms. The van der Waals surface area contributed by atoms with E-state index >= 15 is 0 Å². The van der Waals surface area contributed by atoms with Gasteiger partial charge in [-0.25, -0.2) is 0 Å². The molecule has 17 heavy (non-hydrogen) atoms. The highest BCUT2D eigenvalue weighted by Crippen LogP contribution is 2.23. The first-order valence-electron chi connectivity index (χ1n) is 5.95. The summed E-state index contributed by atoms with van der Waals surface area (Å²) in [6, 6.07) is 8.40. The van der Waals surface area contributed by atoms with Crippen molar-refractivity contribution in [2.75, 3.05) is 6.61 Å². The Bertz CT molecular complexity index is 415. The Morgan fingerprint density at radius 3 is 2.41 bits per heavy atom. The van der Waals surface area contributed by atoms with E-state index in [-0.39, 0.29) is 18.1 Å². The summed E-state index contributed by atoms with van der Waals surface area (Å²) in [7, 11) is 0. The Kier molecular flexibility index (Phi) is 3.20. The van der Waals surface area contributed by atoms with Gasteiger partial charge in [-0.1, -0.05) is 50.2 Å². The molecule has 1 aliphatic rings. The van der Waals surface area contributed by atoms with Crippen molar-refractivity contribution >= 4 is 5.71 Å². The third-order valence-corrected chi connectivity index (χ3v) is 3.02. The van der Waals surface area contributed by atoms with Crippen LogP contribution in [0.4, 0.5) is 0 Å². The minimum Gasteiger partial charge on any atom is -0.392 e. The fourth-order valence-electron chi connectivity index (χ4n) is 1.86. The number of aliphatic hydroxyl groups is 1. The maximum atomic E-state index is 8.98. The molecule has 1 aromatic carbocycles. The monoisotopic (exact) mass is 233 g/mol. The van der Waals surface area contributed by atoms with Crippen LogP contribution in [0.3, 0.4) is 0 Å². The largest absolute Gasteiger partial charge is 0.392 e. The summed E-state index contributed by atoms with van der Waals surface area (Å²) in [6.45, 7) is 6.60. The Morgan fingerprint density at radius 2 is 1.94 bits per heavy atom. The smallest absolute Gasteiger partial charge is 0.156 e. The molecule has 1 aromatic rings. The van der Waals surface area contributed by atoms with Gasteiger partial charge < -0.3 is 9.94 Å². The standard InChI is InChI=1S/C14H19NO2/c1-14(2,3)11-6-4-10(5-7-11)13-8-12(9-16)17-15-13/h4-7,12,16H,8-9H2,1-3H3. The van der Waals surface area contributed by atoms with Crippen LogP contribution in [0.5, 0.6) is 0 Å². The van der Waals surface area contributed by atoms with Crippen molar-refractivity contribution in [1.29, 1.82) is 0 Å². The van der Waals surface area contributed by atoms with E-state index in [1.54, 1.807) is 0 Å². The molecule has 0 aromatic heterocycles. The molecule has 1 aliphatic heterocycles. The molecular formula is C14H19NO2. The van der Waals surface area contributed by atoms with Crippen molar-refractivity contribution in [3.63, 3.8) is 0 Å². The number of rotatable bonds is 2. The first kappa shape index (κ1) is 12.1. The fourth-order valence-corrected chi connectivity index (χ4v) is 1.86. The predicted octanol–water partition coefficient (Wildman–Crippen LogP) is 2.47. The summed E-state index contributed by atoms with van der Waals surface area (Å²) < 4.78 is 0. The van der Waals surface area contributed by atoms with Gasteiger partial charge in [0.05, 0.1) is 12.3 Å². The molecule has 0 spiro atoms. The normalized spacial score (nSPS) is 20.0. The van der Waals surface area contributed by atoms with Gasteiger partial charge >= 0.3 is 0 Å². The van der Waals surface area contributed by atoms with Crippen molar-refractivity contribution in [3.05, 3.63) is 35.4 Å². The van der Waals surface area contributed by atoms with Crippen LogP contribution < -0.4 is 0 Å². The van der Waals surface area contributed by atoms with Gasteiger partial charge in [0, 0.05) is 6.42 Å². The molecule has 0 fully saturated rings. The molecule has 0 aliphatic carbocycles. The van der Waals surface area contributed by atoms with Gasteiger partial charge in [-0.15, -0.1) is 0 Å². The van der Waals surface area contributed by atoms with E-state index in [9.17, 15) is 0 Å². The lowest BCUT2D eigenvalue weighted by Crippen LogP contribution is -2.13. The molecule has 0 amide bonds. The van der Waals surface area contributed by atoms with Gasteiger partial charge in [0.25, 0.3) is 0 Å². The van der Waals surface area contributed by atoms with Crippen molar-refractivity contribution in [2.45, 2.75) is 38.7 Å². The lowest BCUT2D eigenvalue weighted by molar-refractivity contribution is 0.0390. The highest BCUT2D eigenvalue weighted by molar-refractivity contribution is 6.01. The van der Waals surface area contributed by atoms with E-state index in [0.717, 1.165) is 11.3 Å². The maximum absolute atomic E-state index is 8.98. The van der Waals surface area contributed by atoms with E-state index in [0.29, 0.717) is 6.42 Å². The molecule has 1 N–H and O–H groups in total. The van der Waals surface area contributed by atoms with E-state index < -0.39 is 0 Å². The zero-order valence-electron chi connectivity index (χ0n) is 10.6. The SMILES string of the molecule is CC(C)(C)c1ccc(C2=NOC(CO)C2)cc1. The molecule has 1 heterocycles. The summed E-state index contributed by atoms with van der Waals surface area (Å²) in [5, 5.41) is 13.0. The number of aliphatic hydroxyl groups excluding tert-OH is 1. The second kappa shape index (κ2) is 4.49. The van der Waals surface area contributed by atoms with Crippen LogP contribution in [0, 0.1) is 0 Å². The predicted molar refractivity (Wildman–Crippen MR) is 68.3 cm³/mol. The zero-order valence-corrected chi connectivity index (χ0v) is 10.6. The van der Waals surface area contributed by atoms with Gasteiger partial charge in [0.2, 0.25) is 0 Å². The Morgan fingerprint density at radius 1 is 1.29 bits per heavy atom. The van der Waals surface area contributed by atoms with Crippen LogP contribution in [0.25, 0.3) is 0 Å². The molecule has 3 nitrogen and oxygen atoms in total. The minimum absolute atomic E-state index is 0.0209. The molecule has 92 valence electrons. The number of nitrogens with zero attached hydrogens (tertiary/aromatic N) is 1. The van der Waals surface area contributed by atoms with Crippen LogP contribution in [-0.4, -0.2) is 23.5 Å². The second-order valence-corrected chi connectivity index (χ2v) is 5.48.